The first-order chi connectivity index (χ1) is 17.6. The van der Waals surface area contributed by atoms with Gasteiger partial charge in [0.25, 0.3) is 0 Å². The van der Waals surface area contributed by atoms with E-state index in [9.17, 15) is 43.9 Å². The maximum atomic E-state index is 13.7. The van der Waals surface area contributed by atoms with Gasteiger partial charge in [-0.25, -0.2) is 25.3 Å². The zero-order chi connectivity index (χ0) is 28.0. The molecule has 3 N–H and O–H groups in total. The van der Waals surface area contributed by atoms with Gasteiger partial charge < -0.3 is 20.2 Å². The molecule has 4 rings (SSSR count). The second kappa shape index (κ2) is 14.4. The van der Waals surface area contributed by atoms with Gasteiger partial charge in [-0.3, -0.25) is 13.8 Å². The number of hydrogen-bond donors (Lipinski definition) is 2. The number of nitrogens with two attached hydrogens (primary N) is 1. The molecule has 0 aromatic heterocycles. The van der Waals surface area contributed by atoms with Crippen molar-refractivity contribution < 1.29 is 107 Å². The van der Waals surface area contributed by atoms with Gasteiger partial charge in [0.05, 0.1) is 33.0 Å². The van der Waals surface area contributed by atoms with Crippen LogP contribution in [0.1, 0.15) is 57.8 Å². The number of nitrogens with one attached hydrogen (secondary N) is 1. The van der Waals surface area contributed by atoms with Gasteiger partial charge in [0.15, 0.2) is 9.84 Å². The molecule has 4 aliphatic carbocycles. The van der Waals surface area contributed by atoms with E-state index in [1.807, 2.05) is 0 Å². The van der Waals surface area contributed by atoms with Gasteiger partial charge in [0.1, 0.15) is 11.6 Å². The van der Waals surface area contributed by atoms with E-state index < -0.39 is 95.0 Å². The van der Waals surface area contributed by atoms with Crippen LogP contribution in [0, 0.1) is 23.7 Å². The van der Waals surface area contributed by atoms with E-state index in [-0.39, 0.29) is 83.5 Å². The number of hydrogen-bond acceptors (Lipinski definition) is 13. The van der Waals surface area contributed by atoms with Crippen LogP contribution in [0.2, 0.25) is 0 Å². The second-order valence-electron chi connectivity index (χ2n) is 11.1. The topological polar surface area (TPSA) is 230 Å². The minimum atomic E-state index is -5.03. The maximum Gasteiger partial charge on any atom is 1.00 e. The number of ketones is 2. The van der Waals surface area contributed by atoms with Crippen LogP contribution in [-0.4, -0.2) is 86.9 Å². The summed E-state index contributed by atoms with van der Waals surface area (Å²) in [6.45, 7) is -0.796. The van der Waals surface area contributed by atoms with Crippen molar-refractivity contribution in [2.75, 3.05) is 12.4 Å². The van der Waals surface area contributed by atoms with Crippen molar-refractivity contribution in [3.8, 4) is 0 Å². The number of rotatable bonds is 8. The third-order valence-electron chi connectivity index (χ3n) is 8.85. The fraction of sp³-hybridized carbons (Fsp3) is 0.909. The standard InChI is InChI=1S/C22H36N2O11S3.2Na/c23-20-17(37(29,30)31)11-16(18-19(20)22(26)15-7-2-1-6-14(15)21(18)25)24-12-4-3-5-13(10-12)36(27,28)9-8-35-38(32,33)34;;/h12-20,24H,1-11,23H2,(H,29,30,31)(H,32,33,34);;/q;2*+1/p-2. The summed E-state index contributed by atoms with van der Waals surface area (Å²) >= 11 is 0. The Labute approximate surface area is 280 Å². The normalized spacial score (nSPS) is 36.9. The fourth-order valence-corrected chi connectivity index (χ4v) is 10.2. The van der Waals surface area contributed by atoms with E-state index in [1.165, 1.54) is 0 Å². The summed E-state index contributed by atoms with van der Waals surface area (Å²) in [6, 6.07) is -2.60. The van der Waals surface area contributed by atoms with Crippen LogP contribution in [0.4, 0.5) is 0 Å². The minimum Gasteiger partial charge on any atom is -0.748 e. The maximum absolute atomic E-state index is 13.7. The molecule has 0 spiro atoms. The molecule has 4 fully saturated rings. The number of carbonyl (C=O) groups excluding carboxylic acids is 2. The Bertz CT molecular complexity index is 1260. The summed E-state index contributed by atoms with van der Waals surface area (Å²) in [4.78, 5) is 27.2. The predicted molar refractivity (Wildman–Crippen MR) is 131 cm³/mol. The van der Waals surface area contributed by atoms with Crippen LogP contribution >= 0.6 is 0 Å². The van der Waals surface area contributed by atoms with Crippen LogP contribution in [-0.2, 0) is 44.1 Å². The SMILES string of the molecule is NC1C2C(=O)C3CCCCC3C(=O)C2C(NC2CCCC(S(=O)(=O)CCOS(=O)(=O)[O-])C2)CC1S(=O)(=O)[O-].[Na+].[Na+]. The van der Waals surface area contributed by atoms with E-state index in [0.29, 0.717) is 32.1 Å². The van der Waals surface area contributed by atoms with E-state index in [4.69, 9.17) is 5.73 Å². The largest absolute Gasteiger partial charge is 1.00 e. The Hall–Kier alpha value is 0.990. The molecule has 218 valence electrons. The van der Waals surface area contributed by atoms with Gasteiger partial charge >= 0.3 is 59.1 Å². The summed E-state index contributed by atoms with van der Waals surface area (Å²) in [5, 5.41) is 0.796. The van der Waals surface area contributed by atoms with E-state index in [0.717, 1.165) is 12.8 Å². The molecule has 0 radical (unpaired) electrons. The average molecular weight is 645 g/mol. The van der Waals surface area contributed by atoms with Crippen molar-refractivity contribution in [3.63, 3.8) is 0 Å². The monoisotopic (exact) mass is 644 g/mol. The summed E-state index contributed by atoms with van der Waals surface area (Å²) in [5.74, 6) is -4.07. The van der Waals surface area contributed by atoms with Gasteiger partial charge in [-0.2, -0.15) is 0 Å². The van der Waals surface area contributed by atoms with Crippen molar-refractivity contribution in [2.45, 2.75) is 86.4 Å². The smallest absolute Gasteiger partial charge is 0.748 e. The molecular formula is C22H34N2Na2O11S3. The summed E-state index contributed by atoms with van der Waals surface area (Å²) in [5.41, 5.74) is 6.21. The molecule has 0 heterocycles. The van der Waals surface area contributed by atoms with Crippen molar-refractivity contribution in [1.29, 1.82) is 0 Å². The molecular weight excluding hydrogens is 610 g/mol. The van der Waals surface area contributed by atoms with E-state index >= 15 is 0 Å². The molecule has 0 bridgehead atoms. The first-order valence-corrected chi connectivity index (χ1v) is 17.5. The predicted octanol–water partition coefficient (Wildman–Crippen LogP) is -7.01. The van der Waals surface area contributed by atoms with E-state index in [1.54, 1.807) is 0 Å². The Balaban J connectivity index is 0.00000280. The summed E-state index contributed by atoms with van der Waals surface area (Å²) < 4.78 is 97.8. The number of carbonyl (C=O) groups is 2. The molecule has 18 heteroatoms. The molecule has 0 aliphatic heterocycles. The van der Waals surface area contributed by atoms with Crippen LogP contribution in [0.5, 0.6) is 0 Å². The molecule has 40 heavy (non-hydrogen) atoms. The van der Waals surface area contributed by atoms with Gasteiger partial charge in [0.2, 0.25) is 10.4 Å². The minimum absolute atomic E-state index is 0. The van der Waals surface area contributed by atoms with Crippen LogP contribution in [0.15, 0.2) is 0 Å². The number of sulfone groups is 1. The number of fused-ring (bicyclic) bond motifs is 2. The summed E-state index contributed by atoms with van der Waals surface area (Å²) in [6.07, 6.45) is 3.80. The summed E-state index contributed by atoms with van der Waals surface area (Å²) in [7, 11) is -13.8. The molecule has 9 unspecified atom stereocenters. The zero-order valence-corrected chi connectivity index (χ0v) is 29.2. The van der Waals surface area contributed by atoms with Crippen molar-refractivity contribution >= 4 is 41.9 Å². The Kier molecular flexibility index (Phi) is 13.4. The Morgan fingerprint density at radius 1 is 0.825 bits per heavy atom. The Morgan fingerprint density at radius 3 is 1.95 bits per heavy atom. The van der Waals surface area contributed by atoms with E-state index in [2.05, 4.69) is 9.50 Å². The fourth-order valence-electron chi connectivity index (χ4n) is 7.15. The van der Waals surface area contributed by atoms with Gasteiger partial charge in [0, 0.05) is 41.8 Å². The Morgan fingerprint density at radius 2 is 1.40 bits per heavy atom. The van der Waals surface area contributed by atoms with Crippen LogP contribution in [0.25, 0.3) is 0 Å². The van der Waals surface area contributed by atoms with Gasteiger partial charge in [-0.1, -0.05) is 19.3 Å². The zero-order valence-electron chi connectivity index (χ0n) is 22.8. The molecule has 0 amide bonds. The van der Waals surface area contributed by atoms with Crippen molar-refractivity contribution in [2.24, 2.45) is 29.4 Å². The third kappa shape index (κ3) is 8.37. The molecule has 4 saturated carbocycles. The molecule has 9 atom stereocenters. The molecule has 4 aliphatic rings. The van der Waals surface area contributed by atoms with Crippen LogP contribution < -0.4 is 70.2 Å². The van der Waals surface area contributed by atoms with Gasteiger partial charge in [-0.05, 0) is 38.5 Å². The molecule has 0 saturated heterocycles. The quantitative estimate of drug-likeness (QED) is 0.142. The second-order valence-corrected chi connectivity index (χ2v) is 16.1. The first-order valence-electron chi connectivity index (χ1n) is 13.0. The number of Topliss-reactive ketones (excluding diaryl/α,β-unsaturated/α-hetero) is 2. The van der Waals surface area contributed by atoms with Crippen molar-refractivity contribution in [1.82, 2.24) is 5.32 Å². The average Bonchev–Trinajstić information content (AvgIpc) is 2.82. The molecule has 13 nitrogen and oxygen atoms in total. The molecule has 0 aromatic carbocycles. The van der Waals surface area contributed by atoms with Gasteiger partial charge in [-0.15, -0.1) is 0 Å². The van der Waals surface area contributed by atoms with Crippen LogP contribution in [0.3, 0.4) is 0 Å². The third-order valence-corrected chi connectivity index (χ3v) is 12.7. The first kappa shape index (κ1) is 37.2. The molecule has 0 aromatic rings. The van der Waals surface area contributed by atoms with Crippen molar-refractivity contribution in [3.05, 3.63) is 0 Å².